The van der Waals surface area contributed by atoms with Crippen LogP contribution in [-0.2, 0) is 4.79 Å². The Kier molecular flexibility index (Phi) is 6.79. The molecule has 0 saturated carbocycles. The number of nitrogens with one attached hydrogen (secondary N) is 1. The van der Waals surface area contributed by atoms with Crippen molar-refractivity contribution in [3.8, 4) is 0 Å². The lowest BCUT2D eigenvalue weighted by molar-refractivity contribution is -0.124. The first-order valence-electron chi connectivity index (χ1n) is 6.82. The SMILES string of the molecule is CC(C(=O)NCCCN(C)C)n1nc(C(F)F)cc1C(F)F. The summed E-state index contributed by atoms with van der Waals surface area (Å²) in [7, 11) is 3.77. The van der Waals surface area contributed by atoms with Gasteiger partial charge in [-0.25, -0.2) is 17.6 Å². The molecule has 1 unspecified atom stereocenters. The van der Waals surface area contributed by atoms with Gasteiger partial charge in [0, 0.05) is 6.54 Å². The lowest BCUT2D eigenvalue weighted by atomic mass is 10.3. The predicted molar refractivity (Wildman–Crippen MR) is 73.0 cm³/mol. The summed E-state index contributed by atoms with van der Waals surface area (Å²) in [5.41, 5.74) is -1.45. The van der Waals surface area contributed by atoms with Crippen molar-refractivity contribution in [1.29, 1.82) is 0 Å². The number of hydrogen-bond acceptors (Lipinski definition) is 3. The van der Waals surface area contributed by atoms with Crippen molar-refractivity contribution in [2.45, 2.75) is 32.2 Å². The van der Waals surface area contributed by atoms with Crippen molar-refractivity contribution in [2.24, 2.45) is 0 Å². The second-order valence-electron chi connectivity index (χ2n) is 5.16. The van der Waals surface area contributed by atoms with E-state index >= 15 is 0 Å². The quantitative estimate of drug-likeness (QED) is 0.590. The fourth-order valence-corrected chi connectivity index (χ4v) is 1.87. The smallest absolute Gasteiger partial charge is 0.282 e. The topological polar surface area (TPSA) is 50.2 Å². The highest BCUT2D eigenvalue weighted by Gasteiger charge is 2.26. The molecule has 5 nitrogen and oxygen atoms in total. The maximum Gasteiger partial charge on any atom is 0.282 e. The molecule has 1 heterocycles. The number of aromatic nitrogens is 2. The maximum atomic E-state index is 12.9. The fourth-order valence-electron chi connectivity index (χ4n) is 1.87. The Morgan fingerprint density at radius 1 is 1.32 bits per heavy atom. The average Bonchev–Trinajstić information content (AvgIpc) is 2.87. The summed E-state index contributed by atoms with van der Waals surface area (Å²) in [6, 6.07) is -0.457. The van der Waals surface area contributed by atoms with E-state index in [0.29, 0.717) is 23.7 Å². The van der Waals surface area contributed by atoms with E-state index in [9.17, 15) is 22.4 Å². The standard InChI is InChI=1S/C13H20F4N4O/c1-8(13(22)18-5-4-6-20(2)3)21-10(12(16)17)7-9(19-21)11(14)15/h7-8,11-12H,4-6H2,1-3H3,(H,18,22). The van der Waals surface area contributed by atoms with Gasteiger partial charge in [0.25, 0.3) is 12.9 Å². The number of carbonyl (C=O) groups is 1. The van der Waals surface area contributed by atoms with E-state index in [1.54, 1.807) is 0 Å². The van der Waals surface area contributed by atoms with Crippen molar-refractivity contribution in [3.63, 3.8) is 0 Å². The summed E-state index contributed by atoms with van der Waals surface area (Å²) in [5.74, 6) is -0.537. The molecule has 9 heteroatoms. The van der Waals surface area contributed by atoms with Crippen LogP contribution in [0.15, 0.2) is 6.07 Å². The van der Waals surface area contributed by atoms with Crippen LogP contribution >= 0.6 is 0 Å². The summed E-state index contributed by atoms with van der Waals surface area (Å²) in [6.07, 6.45) is -5.26. The zero-order chi connectivity index (χ0) is 16.9. The third-order valence-electron chi connectivity index (χ3n) is 3.06. The van der Waals surface area contributed by atoms with Crippen LogP contribution in [0.5, 0.6) is 0 Å². The molecule has 1 rings (SSSR count). The number of amides is 1. The van der Waals surface area contributed by atoms with E-state index in [2.05, 4.69) is 10.4 Å². The van der Waals surface area contributed by atoms with Gasteiger partial charge < -0.3 is 10.2 Å². The molecular weight excluding hydrogens is 304 g/mol. The van der Waals surface area contributed by atoms with Crippen molar-refractivity contribution < 1.29 is 22.4 Å². The normalized spacial score (nSPS) is 13.2. The number of nitrogens with zero attached hydrogens (tertiary/aromatic N) is 3. The van der Waals surface area contributed by atoms with E-state index in [1.807, 2.05) is 19.0 Å². The van der Waals surface area contributed by atoms with E-state index in [1.165, 1.54) is 6.92 Å². The predicted octanol–water partition coefficient (Wildman–Crippen LogP) is 2.39. The van der Waals surface area contributed by atoms with Crippen LogP contribution in [0, 0.1) is 0 Å². The van der Waals surface area contributed by atoms with Gasteiger partial charge in [-0.15, -0.1) is 0 Å². The number of rotatable bonds is 8. The molecule has 1 atom stereocenters. The van der Waals surface area contributed by atoms with Crippen LogP contribution in [0.2, 0.25) is 0 Å². The monoisotopic (exact) mass is 324 g/mol. The Morgan fingerprint density at radius 3 is 2.45 bits per heavy atom. The van der Waals surface area contributed by atoms with Crippen LogP contribution in [0.25, 0.3) is 0 Å². The highest BCUT2D eigenvalue weighted by molar-refractivity contribution is 5.79. The Balaban J connectivity index is 2.74. The Hall–Kier alpha value is -1.64. The Bertz CT molecular complexity index is 490. The van der Waals surface area contributed by atoms with Crippen LogP contribution in [0.1, 0.15) is 43.6 Å². The summed E-state index contributed by atoms with van der Waals surface area (Å²) >= 11 is 0. The minimum Gasteiger partial charge on any atom is -0.354 e. The molecule has 0 aliphatic heterocycles. The molecule has 1 aromatic heterocycles. The molecular formula is C13H20F4N4O. The van der Waals surface area contributed by atoms with E-state index < -0.39 is 36.2 Å². The number of carbonyl (C=O) groups excluding carboxylic acids is 1. The van der Waals surface area contributed by atoms with Crippen molar-refractivity contribution in [2.75, 3.05) is 27.2 Å². The molecule has 0 fully saturated rings. The van der Waals surface area contributed by atoms with Gasteiger partial charge in [-0.1, -0.05) is 0 Å². The summed E-state index contributed by atoms with van der Waals surface area (Å²) in [4.78, 5) is 13.9. The molecule has 22 heavy (non-hydrogen) atoms. The zero-order valence-electron chi connectivity index (χ0n) is 12.7. The van der Waals surface area contributed by atoms with Gasteiger partial charge >= 0.3 is 0 Å². The molecule has 0 aliphatic carbocycles. The molecule has 126 valence electrons. The summed E-state index contributed by atoms with van der Waals surface area (Å²) < 4.78 is 51.6. The second kappa shape index (κ2) is 8.11. The van der Waals surface area contributed by atoms with Gasteiger partial charge in [-0.05, 0) is 40.1 Å². The number of halogens is 4. The van der Waals surface area contributed by atoms with Crippen LogP contribution in [-0.4, -0.2) is 47.8 Å². The first-order valence-corrected chi connectivity index (χ1v) is 6.82. The van der Waals surface area contributed by atoms with Gasteiger partial charge in [0.2, 0.25) is 5.91 Å². The minimum atomic E-state index is -2.98. The molecule has 0 radical (unpaired) electrons. The fraction of sp³-hybridized carbons (Fsp3) is 0.692. The average molecular weight is 324 g/mol. The van der Waals surface area contributed by atoms with E-state index in [-0.39, 0.29) is 0 Å². The van der Waals surface area contributed by atoms with Crippen LogP contribution < -0.4 is 5.32 Å². The second-order valence-corrected chi connectivity index (χ2v) is 5.16. The van der Waals surface area contributed by atoms with Gasteiger partial charge in [0.15, 0.2) is 0 Å². The van der Waals surface area contributed by atoms with Crippen LogP contribution in [0.3, 0.4) is 0 Å². The van der Waals surface area contributed by atoms with Crippen molar-refractivity contribution >= 4 is 5.91 Å². The molecule has 0 aliphatic rings. The molecule has 0 saturated heterocycles. The largest absolute Gasteiger partial charge is 0.354 e. The highest BCUT2D eigenvalue weighted by atomic mass is 19.3. The molecule has 1 aromatic rings. The maximum absolute atomic E-state index is 12.9. The molecule has 0 spiro atoms. The lowest BCUT2D eigenvalue weighted by Gasteiger charge is -2.16. The number of alkyl halides is 4. The third-order valence-corrected chi connectivity index (χ3v) is 3.06. The molecule has 0 bridgehead atoms. The van der Waals surface area contributed by atoms with Gasteiger partial charge in [0.05, 0.1) is 0 Å². The van der Waals surface area contributed by atoms with Gasteiger partial charge in [-0.2, -0.15) is 5.10 Å². The van der Waals surface area contributed by atoms with Crippen molar-refractivity contribution in [3.05, 3.63) is 17.5 Å². The summed E-state index contributed by atoms with van der Waals surface area (Å²) in [6.45, 7) is 2.47. The van der Waals surface area contributed by atoms with E-state index in [0.717, 1.165) is 6.54 Å². The van der Waals surface area contributed by atoms with Crippen molar-refractivity contribution in [1.82, 2.24) is 20.0 Å². The first kappa shape index (κ1) is 18.4. The first-order chi connectivity index (χ1) is 10.2. The summed E-state index contributed by atoms with van der Waals surface area (Å²) in [5, 5.41) is 6.01. The van der Waals surface area contributed by atoms with Gasteiger partial charge in [0.1, 0.15) is 17.4 Å². The van der Waals surface area contributed by atoms with E-state index in [4.69, 9.17) is 0 Å². The number of hydrogen-bond donors (Lipinski definition) is 1. The molecule has 1 N–H and O–H groups in total. The third kappa shape index (κ3) is 4.97. The minimum absolute atomic E-state index is 0.369. The molecule has 0 aromatic carbocycles. The Labute approximate surface area is 126 Å². The lowest BCUT2D eigenvalue weighted by Crippen LogP contribution is -2.34. The Morgan fingerprint density at radius 2 is 1.95 bits per heavy atom. The van der Waals surface area contributed by atoms with Crippen LogP contribution in [0.4, 0.5) is 17.6 Å². The zero-order valence-corrected chi connectivity index (χ0v) is 12.7. The molecule has 1 amide bonds. The van der Waals surface area contributed by atoms with Gasteiger partial charge in [-0.3, -0.25) is 9.48 Å². The highest BCUT2D eigenvalue weighted by Crippen LogP contribution is 2.27.